The van der Waals surface area contributed by atoms with Crippen molar-refractivity contribution in [3.05, 3.63) is 28.2 Å². The smallest absolute Gasteiger partial charge is 0.133 e. The van der Waals surface area contributed by atoms with E-state index in [9.17, 15) is 0 Å². The first-order chi connectivity index (χ1) is 8.77. The van der Waals surface area contributed by atoms with Gasteiger partial charge in [-0.25, -0.2) is 0 Å². The molecule has 0 aliphatic rings. The summed E-state index contributed by atoms with van der Waals surface area (Å²) in [5, 5.41) is 3.36. The van der Waals surface area contributed by atoms with Crippen molar-refractivity contribution >= 4 is 15.9 Å². The lowest BCUT2D eigenvalue weighted by Crippen LogP contribution is -2.13. The molecule has 0 aliphatic carbocycles. The molecule has 1 rings (SSSR count). The number of aryl methyl sites for hydroxylation is 1. The summed E-state index contributed by atoms with van der Waals surface area (Å²) >= 11 is 3.53. The van der Waals surface area contributed by atoms with E-state index in [2.05, 4.69) is 40.3 Å². The average Bonchev–Trinajstić information content (AvgIpc) is 2.38. The van der Waals surface area contributed by atoms with Crippen LogP contribution in [-0.4, -0.2) is 20.2 Å². The molecule has 18 heavy (non-hydrogen) atoms. The quantitative estimate of drug-likeness (QED) is 0.691. The summed E-state index contributed by atoms with van der Waals surface area (Å²) in [7, 11) is 1.70. The number of hydrogen-bond acceptors (Lipinski definition) is 2. The van der Waals surface area contributed by atoms with E-state index in [1.807, 2.05) is 6.07 Å². The number of rotatable bonds is 9. The molecule has 0 radical (unpaired) electrons. The zero-order valence-corrected chi connectivity index (χ0v) is 13.1. The van der Waals surface area contributed by atoms with Crippen LogP contribution < -0.4 is 10.1 Å². The van der Waals surface area contributed by atoms with Gasteiger partial charge in [0.05, 0.1) is 11.6 Å². The molecule has 0 saturated carbocycles. The minimum Gasteiger partial charge on any atom is -0.496 e. The zero-order valence-electron chi connectivity index (χ0n) is 11.5. The van der Waals surface area contributed by atoms with Gasteiger partial charge in [0.2, 0.25) is 0 Å². The first-order valence-electron chi connectivity index (χ1n) is 6.81. The Kier molecular flexibility index (Phi) is 8.10. The van der Waals surface area contributed by atoms with Gasteiger partial charge in [0.15, 0.2) is 0 Å². The van der Waals surface area contributed by atoms with Gasteiger partial charge in [-0.1, -0.05) is 25.8 Å². The highest BCUT2D eigenvalue weighted by Crippen LogP contribution is 2.26. The van der Waals surface area contributed by atoms with Crippen LogP contribution in [0.1, 0.15) is 38.2 Å². The molecule has 0 unspecified atom stereocenters. The molecule has 0 bridgehead atoms. The Balaban J connectivity index is 2.17. The standard InChI is InChI=1S/C15H24BrNO/c1-3-17-11-7-5-4-6-8-13-9-10-15(18-2)14(16)12-13/h9-10,12,17H,3-8,11H2,1-2H3. The molecule has 0 heterocycles. The maximum absolute atomic E-state index is 5.23. The van der Waals surface area contributed by atoms with Gasteiger partial charge >= 0.3 is 0 Å². The normalized spacial score (nSPS) is 10.6. The molecule has 1 N–H and O–H groups in total. The van der Waals surface area contributed by atoms with Crippen molar-refractivity contribution in [1.82, 2.24) is 5.32 Å². The molecule has 0 aliphatic heterocycles. The molecule has 1 aromatic carbocycles. The molecular formula is C15H24BrNO. The summed E-state index contributed by atoms with van der Waals surface area (Å²) in [5.74, 6) is 0.907. The highest BCUT2D eigenvalue weighted by Gasteiger charge is 2.01. The van der Waals surface area contributed by atoms with Crippen LogP contribution in [0.2, 0.25) is 0 Å². The van der Waals surface area contributed by atoms with Crippen molar-refractivity contribution in [3.8, 4) is 5.75 Å². The second kappa shape index (κ2) is 9.40. The van der Waals surface area contributed by atoms with Crippen LogP contribution in [0.25, 0.3) is 0 Å². The Labute approximate surface area is 119 Å². The van der Waals surface area contributed by atoms with Crippen molar-refractivity contribution in [2.24, 2.45) is 0 Å². The number of benzene rings is 1. The number of halogens is 1. The summed E-state index contributed by atoms with van der Waals surface area (Å²) in [6.45, 7) is 4.39. The highest BCUT2D eigenvalue weighted by atomic mass is 79.9. The van der Waals surface area contributed by atoms with E-state index in [4.69, 9.17) is 4.74 Å². The summed E-state index contributed by atoms with van der Waals surface area (Å²) in [5.41, 5.74) is 1.38. The van der Waals surface area contributed by atoms with E-state index in [-0.39, 0.29) is 0 Å². The van der Waals surface area contributed by atoms with Crippen LogP contribution in [0.3, 0.4) is 0 Å². The van der Waals surface area contributed by atoms with Crippen LogP contribution in [-0.2, 0) is 6.42 Å². The van der Waals surface area contributed by atoms with Crippen molar-refractivity contribution in [3.63, 3.8) is 0 Å². The van der Waals surface area contributed by atoms with E-state index in [1.54, 1.807) is 7.11 Å². The maximum atomic E-state index is 5.23. The molecule has 0 atom stereocenters. The molecule has 0 aromatic heterocycles. The third-order valence-corrected chi connectivity index (χ3v) is 3.65. The molecule has 3 heteroatoms. The van der Waals surface area contributed by atoms with Crippen LogP contribution in [0, 0.1) is 0 Å². The Morgan fingerprint density at radius 2 is 1.94 bits per heavy atom. The zero-order chi connectivity index (χ0) is 13.2. The topological polar surface area (TPSA) is 21.3 Å². The predicted molar refractivity (Wildman–Crippen MR) is 81.4 cm³/mol. The number of ether oxygens (including phenoxy) is 1. The Morgan fingerprint density at radius 3 is 2.61 bits per heavy atom. The molecular weight excluding hydrogens is 290 g/mol. The fourth-order valence-electron chi connectivity index (χ4n) is 1.97. The first-order valence-corrected chi connectivity index (χ1v) is 7.60. The first kappa shape index (κ1) is 15.5. The molecule has 0 fully saturated rings. The lowest BCUT2D eigenvalue weighted by Gasteiger charge is -2.06. The van der Waals surface area contributed by atoms with Gasteiger partial charge in [-0.15, -0.1) is 0 Å². The number of methoxy groups -OCH3 is 1. The van der Waals surface area contributed by atoms with Gasteiger partial charge in [-0.2, -0.15) is 0 Å². The van der Waals surface area contributed by atoms with Crippen molar-refractivity contribution in [2.45, 2.75) is 39.0 Å². The Bertz CT molecular complexity index is 341. The third kappa shape index (κ3) is 5.87. The third-order valence-electron chi connectivity index (χ3n) is 3.04. The number of nitrogens with one attached hydrogen (secondary N) is 1. The van der Waals surface area contributed by atoms with E-state index >= 15 is 0 Å². The molecule has 0 amide bonds. The summed E-state index contributed by atoms with van der Waals surface area (Å²) in [6.07, 6.45) is 6.36. The van der Waals surface area contributed by atoms with Crippen LogP contribution in [0.15, 0.2) is 22.7 Å². The summed E-state index contributed by atoms with van der Waals surface area (Å²) in [6, 6.07) is 6.35. The molecule has 1 aromatic rings. The SMILES string of the molecule is CCNCCCCCCc1ccc(OC)c(Br)c1. The van der Waals surface area contributed by atoms with Crippen molar-refractivity contribution in [1.29, 1.82) is 0 Å². The summed E-state index contributed by atoms with van der Waals surface area (Å²) < 4.78 is 6.28. The Morgan fingerprint density at radius 1 is 1.17 bits per heavy atom. The minimum absolute atomic E-state index is 0.907. The second-order valence-corrected chi connectivity index (χ2v) is 5.34. The highest BCUT2D eigenvalue weighted by molar-refractivity contribution is 9.10. The maximum Gasteiger partial charge on any atom is 0.133 e. The monoisotopic (exact) mass is 313 g/mol. The number of unbranched alkanes of at least 4 members (excludes halogenated alkanes) is 3. The molecule has 2 nitrogen and oxygen atoms in total. The molecule has 0 spiro atoms. The van der Waals surface area contributed by atoms with Gasteiger partial charge in [0, 0.05) is 0 Å². The summed E-state index contributed by atoms with van der Waals surface area (Å²) in [4.78, 5) is 0. The lowest BCUT2D eigenvalue weighted by molar-refractivity contribution is 0.412. The average molecular weight is 314 g/mol. The fourth-order valence-corrected chi connectivity index (χ4v) is 2.56. The van der Waals surface area contributed by atoms with Crippen LogP contribution in [0.4, 0.5) is 0 Å². The molecule has 0 saturated heterocycles. The van der Waals surface area contributed by atoms with E-state index in [0.29, 0.717) is 0 Å². The molecule has 102 valence electrons. The van der Waals surface area contributed by atoms with Gasteiger partial charge in [-0.05, 0) is 66.0 Å². The van der Waals surface area contributed by atoms with Crippen molar-refractivity contribution in [2.75, 3.05) is 20.2 Å². The van der Waals surface area contributed by atoms with Gasteiger partial charge in [-0.3, -0.25) is 0 Å². The van der Waals surface area contributed by atoms with Crippen LogP contribution >= 0.6 is 15.9 Å². The number of hydrogen-bond donors (Lipinski definition) is 1. The van der Waals surface area contributed by atoms with E-state index in [1.165, 1.54) is 31.2 Å². The fraction of sp³-hybridized carbons (Fsp3) is 0.600. The van der Waals surface area contributed by atoms with Gasteiger partial charge in [0.25, 0.3) is 0 Å². The van der Waals surface area contributed by atoms with Crippen LogP contribution in [0.5, 0.6) is 5.75 Å². The Hall–Kier alpha value is -0.540. The van der Waals surface area contributed by atoms with Gasteiger partial charge < -0.3 is 10.1 Å². The minimum atomic E-state index is 0.907. The predicted octanol–water partition coefficient (Wildman–Crippen LogP) is 4.17. The van der Waals surface area contributed by atoms with E-state index < -0.39 is 0 Å². The van der Waals surface area contributed by atoms with Crippen molar-refractivity contribution < 1.29 is 4.74 Å². The van der Waals surface area contributed by atoms with Gasteiger partial charge in [0.1, 0.15) is 5.75 Å². The largest absolute Gasteiger partial charge is 0.496 e. The van der Waals surface area contributed by atoms with E-state index in [0.717, 1.165) is 29.7 Å². The lowest BCUT2D eigenvalue weighted by atomic mass is 10.1. The second-order valence-electron chi connectivity index (χ2n) is 4.49.